The highest BCUT2D eigenvalue weighted by atomic mass is 79.9. The predicted molar refractivity (Wildman–Crippen MR) is 95.4 cm³/mol. The van der Waals surface area contributed by atoms with Crippen molar-refractivity contribution in [2.45, 2.75) is 0 Å². The van der Waals surface area contributed by atoms with Crippen molar-refractivity contribution >= 4 is 37.5 Å². The average Bonchev–Trinajstić information content (AvgIpc) is 2.59. The molecule has 0 fully saturated rings. The molecular weight excluding hydrogens is 360 g/mol. The molecule has 23 heavy (non-hydrogen) atoms. The molecule has 0 amide bonds. The standard InChI is InChI=1S/C18H17BrO4/c1-20-14-7-10-5-6-11-13(19)9-16(22-3)18(23-4)17(11)12(10)8-15(14)21-2/h5-9H,1-4H3. The molecule has 3 aromatic rings. The van der Waals surface area contributed by atoms with E-state index in [1.165, 1.54) is 0 Å². The van der Waals surface area contributed by atoms with E-state index in [2.05, 4.69) is 28.1 Å². The van der Waals surface area contributed by atoms with E-state index >= 15 is 0 Å². The van der Waals surface area contributed by atoms with Gasteiger partial charge < -0.3 is 18.9 Å². The van der Waals surface area contributed by atoms with Gasteiger partial charge in [0.2, 0.25) is 0 Å². The van der Waals surface area contributed by atoms with Crippen molar-refractivity contribution in [3.05, 3.63) is 34.8 Å². The van der Waals surface area contributed by atoms with Crippen molar-refractivity contribution in [3.8, 4) is 23.0 Å². The van der Waals surface area contributed by atoms with Gasteiger partial charge in [0.05, 0.1) is 28.4 Å². The van der Waals surface area contributed by atoms with Crippen LogP contribution in [-0.4, -0.2) is 28.4 Å². The van der Waals surface area contributed by atoms with Gasteiger partial charge in [-0.15, -0.1) is 0 Å². The van der Waals surface area contributed by atoms with E-state index in [-0.39, 0.29) is 0 Å². The van der Waals surface area contributed by atoms with Crippen molar-refractivity contribution < 1.29 is 18.9 Å². The Hall–Kier alpha value is -2.14. The van der Waals surface area contributed by atoms with Crippen molar-refractivity contribution in [2.75, 3.05) is 28.4 Å². The van der Waals surface area contributed by atoms with Gasteiger partial charge in [-0.05, 0) is 29.0 Å². The zero-order chi connectivity index (χ0) is 16.6. The minimum absolute atomic E-state index is 0.675. The molecule has 0 unspecified atom stereocenters. The quantitative estimate of drug-likeness (QED) is 0.613. The summed E-state index contributed by atoms with van der Waals surface area (Å²) < 4.78 is 22.9. The first-order valence-electron chi connectivity index (χ1n) is 7.03. The van der Waals surface area contributed by atoms with Gasteiger partial charge in [0.15, 0.2) is 23.0 Å². The van der Waals surface area contributed by atoms with E-state index in [1.807, 2.05) is 18.2 Å². The lowest BCUT2D eigenvalue weighted by Gasteiger charge is -2.16. The molecule has 0 aliphatic rings. The second kappa shape index (κ2) is 6.16. The lowest BCUT2D eigenvalue weighted by atomic mass is 10.00. The second-order valence-electron chi connectivity index (χ2n) is 5.01. The van der Waals surface area contributed by atoms with Gasteiger partial charge in [-0.1, -0.05) is 28.1 Å². The molecule has 120 valence electrons. The predicted octanol–water partition coefficient (Wildman–Crippen LogP) is 4.79. The van der Waals surface area contributed by atoms with Gasteiger partial charge in [-0.25, -0.2) is 0 Å². The number of hydrogen-bond acceptors (Lipinski definition) is 4. The van der Waals surface area contributed by atoms with Crippen LogP contribution in [0.15, 0.2) is 34.8 Å². The lowest BCUT2D eigenvalue weighted by Crippen LogP contribution is -1.95. The molecule has 5 heteroatoms. The third-order valence-corrected chi connectivity index (χ3v) is 4.57. The Kier molecular flexibility index (Phi) is 4.22. The third-order valence-electron chi connectivity index (χ3n) is 3.91. The van der Waals surface area contributed by atoms with Crippen LogP contribution in [0.5, 0.6) is 23.0 Å². The maximum atomic E-state index is 5.62. The van der Waals surface area contributed by atoms with Crippen LogP contribution in [0.2, 0.25) is 0 Å². The molecule has 0 bridgehead atoms. The summed E-state index contributed by atoms with van der Waals surface area (Å²) in [5.41, 5.74) is 0. The molecule has 0 aliphatic heterocycles. The monoisotopic (exact) mass is 376 g/mol. The summed E-state index contributed by atoms with van der Waals surface area (Å²) in [5.74, 6) is 2.74. The lowest BCUT2D eigenvalue weighted by molar-refractivity contribution is 0.355. The van der Waals surface area contributed by atoms with Gasteiger partial charge in [0.25, 0.3) is 0 Å². The second-order valence-corrected chi connectivity index (χ2v) is 5.86. The van der Waals surface area contributed by atoms with E-state index in [0.29, 0.717) is 23.0 Å². The highest BCUT2D eigenvalue weighted by Crippen LogP contribution is 2.45. The maximum Gasteiger partial charge on any atom is 0.169 e. The summed E-state index contributed by atoms with van der Waals surface area (Å²) in [5, 5.41) is 4.06. The number of fused-ring (bicyclic) bond motifs is 3. The molecule has 3 rings (SSSR count). The molecule has 0 saturated heterocycles. The Morgan fingerprint density at radius 3 is 1.96 bits per heavy atom. The number of methoxy groups -OCH3 is 4. The maximum absolute atomic E-state index is 5.62. The van der Waals surface area contributed by atoms with E-state index in [4.69, 9.17) is 18.9 Å². The van der Waals surface area contributed by atoms with Crippen LogP contribution >= 0.6 is 15.9 Å². The molecule has 0 aromatic heterocycles. The van der Waals surface area contributed by atoms with E-state index < -0.39 is 0 Å². The largest absolute Gasteiger partial charge is 0.493 e. The van der Waals surface area contributed by atoms with E-state index in [0.717, 1.165) is 26.0 Å². The van der Waals surface area contributed by atoms with Crippen LogP contribution in [0.3, 0.4) is 0 Å². The van der Waals surface area contributed by atoms with Crippen LogP contribution in [0, 0.1) is 0 Å². The topological polar surface area (TPSA) is 36.9 Å². The summed E-state index contributed by atoms with van der Waals surface area (Å²) in [6.45, 7) is 0. The van der Waals surface area contributed by atoms with Gasteiger partial charge in [-0.2, -0.15) is 0 Å². The van der Waals surface area contributed by atoms with Crippen molar-refractivity contribution in [2.24, 2.45) is 0 Å². The summed E-state index contributed by atoms with van der Waals surface area (Å²) in [6, 6.07) is 9.94. The fraction of sp³-hybridized carbons (Fsp3) is 0.222. The number of rotatable bonds is 4. The van der Waals surface area contributed by atoms with Crippen LogP contribution in [0.1, 0.15) is 0 Å². The van der Waals surface area contributed by atoms with Crippen LogP contribution in [-0.2, 0) is 0 Å². The van der Waals surface area contributed by atoms with Crippen LogP contribution in [0.4, 0.5) is 0 Å². The Bertz CT molecular complexity index is 889. The highest BCUT2D eigenvalue weighted by Gasteiger charge is 2.17. The smallest absolute Gasteiger partial charge is 0.169 e. The number of hydrogen-bond donors (Lipinski definition) is 0. The molecule has 0 spiro atoms. The van der Waals surface area contributed by atoms with E-state index in [1.54, 1.807) is 28.4 Å². The first-order chi connectivity index (χ1) is 11.1. The number of ether oxygens (including phenoxy) is 4. The van der Waals surface area contributed by atoms with Crippen molar-refractivity contribution in [3.63, 3.8) is 0 Å². The van der Waals surface area contributed by atoms with Gasteiger partial charge in [-0.3, -0.25) is 0 Å². The average molecular weight is 377 g/mol. The van der Waals surface area contributed by atoms with Gasteiger partial charge >= 0.3 is 0 Å². The molecule has 0 radical (unpaired) electrons. The summed E-state index contributed by atoms with van der Waals surface area (Å²) >= 11 is 3.61. The van der Waals surface area contributed by atoms with E-state index in [9.17, 15) is 0 Å². The molecule has 3 aromatic carbocycles. The molecule has 0 heterocycles. The normalized spacial score (nSPS) is 10.8. The fourth-order valence-electron chi connectivity index (χ4n) is 2.83. The third kappa shape index (κ3) is 2.45. The summed E-state index contributed by atoms with van der Waals surface area (Å²) in [4.78, 5) is 0. The zero-order valence-corrected chi connectivity index (χ0v) is 15.0. The van der Waals surface area contributed by atoms with Crippen molar-refractivity contribution in [1.82, 2.24) is 0 Å². The Labute approximate surface area is 143 Å². The summed E-state index contributed by atoms with van der Waals surface area (Å²) in [7, 11) is 6.53. The zero-order valence-electron chi connectivity index (χ0n) is 13.4. The molecule has 0 saturated carbocycles. The van der Waals surface area contributed by atoms with Crippen LogP contribution < -0.4 is 18.9 Å². The van der Waals surface area contributed by atoms with Crippen molar-refractivity contribution in [1.29, 1.82) is 0 Å². The van der Waals surface area contributed by atoms with Crippen LogP contribution in [0.25, 0.3) is 21.5 Å². The Morgan fingerprint density at radius 2 is 1.35 bits per heavy atom. The minimum Gasteiger partial charge on any atom is -0.493 e. The minimum atomic E-state index is 0.675. The number of halogens is 1. The van der Waals surface area contributed by atoms with Gasteiger partial charge in [0, 0.05) is 15.2 Å². The fourth-order valence-corrected chi connectivity index (χ4v) is 3.37. The van der Waals surface area contributed by atoms with Gasteiger partial charge in [0.1, 0.15) is 0 Å². The summed E-state index contributed by atoms with van der Waals surface area (Å²) in [6.07, 6.45) is 0. The molecule has 0 N–H and O–H groups in total. The molecule has 0 atom stereocenters. The highest BCUT2D eigenvalue weighted by molar-refractivity contribution is 9.10. The Balaban J connectivity index is 2.52. The number of benzene rings is 3. The first kappa shape index (κ1) is 15.7. The SMILES string of the molecule is COc1cc2ccc3c(Br)cc(OC)c(OC)c3c2cc1OC. The Morgan fingerprint density at radius 1 is 0.696 bits per heavy atom. The molecular formula is C18H17BrO4. The molecule has 0 aliphatic carbocycles. The first-order valence-corrected chi connectivity index (χ1v) is 7.82. The molecule has 4 nitrogen and oxygen atoms in total.